The molecule has 0 saturated heterocycles. The maximum absolute atomic E-state index is 12.7. The van der Waals surface area contributed by atoms with E-state index in [1.165, 1.54) is 0 Å². The number of hydrogen-bond acceptors (Lipinski definition) is 3. The van der Waals surface area contributed by atoms with E-state index in [9.17, 15) is 14.4 Å². The Bertz CT molecular complexity index is 840. The maximum atomic E-state index is 12.7. The van der Waals surface area contributed by atoms with E-state index in [1.807, 2.05) is 30.3 Å². The average Bonchev–Trinajstić information content (AvgIpc) is 2.71. The Morgan fingerprint density at radius 1 is 0.897 bits per heavy atom. The van der Waals surface area contributed by atoms with Gasteiger partial charge in [0.2, 0.25) is 11.8 Å². The van der Waals surface area contributed by atoms with Crippen molar-refractivity contribution in [2.75, 3.05) is 13.1 Å². The molecule has 2 aromatic carbocycles. The predicted octanol–water partition coefficient (Wildman–Crippen LogP) is 3.09. The summed E-state index contributed by atoms with van der Waals surface area (Å²) in [6.07, 6.45) is 0.0678. The number of carbonyl (C=O) groups excluding carboxylic acids is 3. The third kappa shape index (κ3) is 7.23. The first-order valence-electron chi connectivity index (χ1n) is 9.53. The molecule has 0 unspecified atom stereocenters. The molecule has 0 aromatic heterocycles. The Hall–Kier alpha value is -2.86. The van der Waals surface area contributed by atoms with Crippen LogP contribution in [0.3, 0.4) is 0 Å². The highest BCUT2D eigenvalue weighted by Gasteiger charge is 2.20. The molecule has 0 bridgehead atoms. The van der Waals surface area contributed by atoms with Gasteiger partial charge in [-0.3, -0.25) is 14.4 Å². The van der Waals surface area contributed by atoms with Gasteiger partial charge in [0.05, 0.1) is 23.0 Å². The average molecular weight is 416 g/mol. The van der Waals surface area contributed by atoms with Crippen molar-refractivity contribution >= 4 is 29.3 Å². The molecular weight excluding hydrogens is 390 g/mol. The zero-order valence-electron chi connectivity index (χ0n) is 16.6. The van der Waals surface area contributed by atoms with Crippen molar-refractivity contribution in [3.05, 3.63) is 70.7 Å². The lowest BCUT2D eigenvalue weighted by molar-refractivity contribution is -0.124. The molecule has 2 rings (SSSR count). The zero-order chi connectivity index (χ0) is 21.2. The molecule has 3 N–H and O–H groups in total. The second-order valence-electron chi connectivity index (χ2n) is 6.92. The van der Waals surface area contributed by atoms with Gasteiger partial charge < -0.3 is 16.0 Å². The largest absolute Gasteiger partial charge is 0.354 e. The number of halogens is 1. The molecule has 2 aromatic rings. The van der Waals surface area contributed by atoms with E-state index in [-0.39, 0.29) is 30.1 Å². The van der Waals surface area contributed by atoms with Gasteiger partial charge in [0.15, 0.2) is 0 Å². The highest BCUT2D eigenvalue weighted by atomic mass is 35.5. The number of hydrogen-bond donors (Lipinski definition) is 3. The number of amides is 3. The van der Waals surface area contributed by atoms with Gasteiger partial charge in [-0.1, -0.05) is 67.9 Å². The highest BCUT2D eigenvalue weighted by Crippen LogP contribution is 2.20. The highest BCUT2D eigenvalue weighted by molar-refractivity contribution is 6.33. The van der Waals surface area contributed by atoms with Gasteiger partial charge in [-0.25, -0.2) is 0 Å². The Kier molecular flexibility index (Phi) is 8.68. The van der Waals surface area contributed by atoms with Crippen LogP contribution in [-0.4, -0.2) is 30.8 Å². The van der Waals surface area contributed by atoms with Crippen molar-refractivity contribution in [3.63, 3.8) is 0 Å². The van der Waals surface area contributed by atoms with Crippen molar-refractivity contribution in [1.82, 2.24) is 16.0 Å². The zero-order valence-corrected chi connectivity index (χ0v) is 17.3. The summed E-state index contributed by atoms with van der Waals surface area (Å²) in [6.45, 7) is 4.28. The van der Waals surface area contributed by atoms with Crippen LogP contribution in [0.2, 0.25) is 5.02 Å². The van der Waals surface area contributed by atoms with Crippen LogP contribution in [0, 0.1) is 5.92 Å². The second-order valence-corrected chi connectivity index (χ2v) is 7.32. The lowest BCUT2D eigenvalue weighted by Crippen LogP contribution is -2.38. The Morgan fingerprint density at radius 2 is 1.52 bits per heavy atom. The topological polar surface area (TPSA) is 87.3 Å². The van der Waals surface area contributed by atoms with Crippen LogP contribution in [0.4, 0.5) is 0 Å². The van der Waals surface area contributed by atoms with Crippen LogP contribution in [0.1, 0.15) is 42.2 Å². The van der Waals surface area contributed by atoms with Gasteiger partial charge in [-0.2, -0.15) is 0 Å². The number of benzene rings is 2. The lowest BCUT2D eigenvalue weighted by Gasteiger charge is -2.19. The fourth-order valence-corrected chi connectivity index (χ4v) is 2.89. The summed E-state index contributed by atoms with van der Waals surface area (Å²) < 4.78 is 0. The summed E-state index contributed by atoms with van der Waals surface area (Å²) in [7, 11) is 0. The molecule has 6 nitrogen and oxygen atoms in total. The van der Waals surface area contributed by atoms with Gasteiger partial charge >= 0.3 is 0 Å². The summed E-state index contributed by atoms with van der Waals surface area (Å²) >= 11 is 6.11. The molecule has 0 saturated carbocycles. The summed E-state index contributed by atoms with van der Waals surface area (Å²) in [5.74, 6) is -0.736. The first kappa shape index (κ1) is 22.4. The summed E-state index contributed by atoms with van der Waals surface area (Å²) in [4.78, 5) is 36.6. The minimum Gasteiger partial charge on any atom is -0.354 e. The van der Waals surface area contributed by atoms with Crippen LogP contribution in [0.5, 0.6) is 0 Å². The Balaban J connectivity index is 1.98. The maximum Gasteiger partial charge on any atom is 0.253 e. The Labute approximate surface area is 176 Å². The third-order valence-electron chi connectivity index (χ3n) is 4.29. The van der Waals surface area contributed by atoms with E-state index >= 15 is 0 Å². The molecule has 29 heavy (non-hydrogen) atoms. The van der Waals surface area contributed by atoms with Crippen LogP contribution in [0.25, 0.3) is 0 Å². The van der Waals surface area contributed by atoms with Crippen molar-refractivity contribution in [3.8, 4) is 0 Å². The van der Waals surface area contributed by atoms with Crippen molar-refractivity contribution in [1.29, 1.82) is 0 Å². The van der Waals surface area contributed by atoms with Crippen LogP contribution in [-0.2, 0) is 9.59 Å². The van der Waals surface area contributed by atoms with Gasteiger partial charge in [0, 0.05) is 19.0 Å². The van der Waals surface area contributed by atoms with Crippen LogP contribution in [0.15, 0.2) is 54.6 Å². The molecule has 0 spiro atoms. The number of rotatable bonds is 9. The smallest absolute Gasteiger partial charge is 0.253 e. The molecule has 3 amide bonds. The minimum atomic E-state index is -0.509. The molecule has 0 fully saturated rings. The number of carbonyl (C=O) groups is 3. The first-order valence-corrected chi connectivity index (χ1v) is 9.91. The number of nitrogens with one attached hydrogen (secondary N) is 3. The summed E-state index contributed by atoms with van der Waals surface area (Å²) in [5, 5.41) is 8.76. The van der Waals surface area contributed by atoms with E-state index in [4.69, 9.17) is 11.6 Å². The molecule has 0 heterocycles. The second kappa shape index (κ2) is 11.2. The molecule has 0 aliphatic heterocycles. The fraction of sp³-hybridized carbons (Fsp3) is 0.318. The standard InChI is InChI=1S/C22H26ClN3O3/c1-15(2)21(28)25-13-12-24-20(27)14-19(16-8-4-3-5-9-16)26-22(29)17-10-6-7-11-18(17)23/h3-11,15,19H,12-14H2,1-2H3,(H,24,27)(H,25,28)(H,26,29)/t19-/m0/s1. The quantitative estimate of drug-likeness (QED) is 0.550. The minimum absolute atomic E-state index is 0.0617. The van der Waals surface area contributed by atoms with E-state index in [0.717, 1.165) is 5.56 Å². The monoisotopic (exact) mass is 415 g/mol. The van der Waals surface area contributed by atoms with Gasteiger partial charge in [0.1, 0.15) is 0 Å². The predicted molar refractivity (Wildman–Crippen MR) is 114 cm³/mol. The molecule has 154 valence electrons. The van der Waals surface area contributed by atoms with Gasteiger partial charge in [0.25, 0.3) is 5.91 Å². The van der Waals surface area contributed by atoms with Gasteiger partial charge in [-0.15, -0.1) is 0 Å². The Morgan fingerprint density at radius 3 is 2.17 bits per heavy atom. The first-order chi connectivity index (χ1) is 13.9. The van der Waals surface area contributed by atoms with E-state index in [1.54, 1.807) is 38.1 Å². The molecule has 1 atom stereocenters. The molecule has 7 heteroatoms. The van der Waals surface area contributed by atoms with Crippen LogP contribution < -0.4 is 16.0 Å². The van der Waals surface area contributed by atoms with Crippen molar-refractivity contribution < 1.29 is 14.4 Å². The molecule has 0 radical (unpaired) electrons. The third-order valence-corrected chi connectivity index (χ3v) is 4.62. The van der Waals surface area contributed by atoms with Crippen molar-refractivity contribution in [2.45, 2.75) is 26.3 Å². The van der Waals surface area contributed by atoms with E-state index < -0.39 is 6.04 Å². The van der Waals surface area contributed by atoms with E-state index in [2.05, 4.69) is 16.0 Å². The normalized spacial score (nSPS) is 11.6. The molecule has 0 aliphatic carbocycles. The summed E-state index contributed by atoms with van der Waals surface area (Å²) in [6, 6.07) is 15.5. The summed E-state index contributed by atoms with van der Waals surface area (Å²) in [5.41, 5.74) is 1.17. The SMILES string of the molecule is CC(C)C(=O)NCCNC(=O)C[C@H](NC(=O)c1ccccc1Cl)c1ccccc1. The fourth-order valence-electron chi connectivity index (χ4n) is 2.67. The molecule has 0 aliphatic rings. The molecular formula is C22H26ClN3O3. The van der Waals surface area contributed by atoms with Gasteiger partial charge in [-0.05, 0) is 17.7 Å². The lowest BCUT2D eigenvalue weighted by atomic mass is 10.0. The van der Waals surface area contributed by atoms with Crippen LogP contribution >= 0.6 is 11.6 Å². The van der Waals surface area contributed by atoms with Crippen molar-refractivity contribution in [2.24, 2.45) is 5.92 Å². The van der Waals surface area contributed by atoms with E-state index in [0.29, 0.717) is 23.7 Å².